The van der Waals surface area contributed by atoms with E-state index in [4.69, 9.17) is 5.11 Å². The highest BCUT2D eigenvalue weighted by Crippen LogP contribution is 2.33. The van der Waals surface area contributed by atoms with Crippen LogP contribution in [0.5, 0.6) is 0 Å². The maximum Gasteiger partial charge on any atom is 0.275 e. The number of likely N-dealkylation sites (tertiary alicyclic amines) is 1. The van der Waals surface area contributed by atoms with Crippen LogP contribution in [0.1, 0.15) is 34.8 Å². The van der Waals surface area contributed by atoms with Crippen molar-refractivity contribution in [2.45, 2.75) is 18.8 Å². The number of nitrogens with zero attached hydrogens (tertiary/aromatic N) is 2. The van der Waals surface area contributed by atoms with Gasteiger partial charge in [-0.05, 0) is 43.5 Å². The van der Waals surface area contributed by atoms with E-state index in [1.165, 1.54) is 16.9 Å². The van der Waals surface area contributed by atoms with Gasteiger partial charge in [0.2, 0.25) is 0 Å². The van der Waals surface area contributed by atoms with Crippen molar-refractivity contribution in [1.29, 1.82) is 0 Å². The fraction of sp³-hybridized carbons (Fsp3) is 0.304. The maximum atomic E-state index is 12.8. The van der Waals surface area contributed by atoms with Crippen LogP contribution in [-0.2, 0) is 0 Å². The Labute approximate surface area is 175 Å². The van der Waals surface area contributed by atoms with Gasteiger partial charge in [-0.1, -0.05) is 48.5 Å². The molecule has 0 unspecified atom stereocenters. The van der Waals surface area contributed by atoms with Crippen LogP contribution in [0.2, 0.25) is 0 Å². The highest BCUT2D eigenvalue weighted by Gasteiger charge is 2.23. The number of benzene rings is 2. The van der Waals surface area contributed by atoms with Crippen LogP contribution in [-0.4, -0.2) is 47.1 Å². The molecule has 5 nitrogen and oxygen atoms in total. The van der Waals surface area contributed by atoms with Crippen molar-refractivity contribution in [2.75, 3.05) is 31.6 Å². The standard InChI is InChI=1S/C23H25N3O2S/c27-15-14-26-12-10-17(11-13-26)19-8-4-5-9-20(19)24-22(28)21-16-29-23(25-21)18-6-2-1-3-7-18/h1-9,16-17,27H,10-15H2,(H,24,28). The van der Waals surface area contributed by atoms with Crippen LogP contribution >= 0.6 is 11.3 Å². The topological polar surface area (TPSA) is 65.5 Å². The molecule has 0 atom stereocenters. The minimum Gasteiger partial charge on any atom is -0.395 e. The minimum absolute atomic E-state index is 0.173. The van der Waals surface area contributed by atoms with E-state index in [0.29, 0.717) is 11.6 Å². The quantitative estimate of drug-likeness (QED) is 0.642. The van der Waals surface area contributed by atoms with Crippen molar-refractivity contribution in [3.05, 3.63) is 71.2 Å². The molecule has 1 saturated heterocycles. The number of hydrogen-bond acceptors (Lipinski definition) is 5. The molecule has 2 aromatic carbocycles. The molecule has 1 aromatic heterocycles. The molecule has 2 heterocycles. The zero-order valence-corrected chi connectivity index (χ0v) is 17.1. The lowest BCUT2D eigenvalue weighted by molar-refractivity contribution is 0.102. The Kier molecular flexibility index (Phi) is 6.34. The summed E-state index contributed by atoms with van der Waals surface area (Å²) in [5.41, 5.74) is 3.52. The van der Waals surface area contributed by atoms with Crippen molar-refractivity contribution in [1.82, 2.24) is 9.88 Å². The number of thiazole rings is 1. The predicted molar refractivity (Wildman–Crippen MR) is 117 cm³/mol. The van der Waals surface area contributed by atoms with E-state index in [9.17, 15) is 4.79 Å². The lowest BCUT2D eigenvalue weighted by Crippen LogP contribution is -2.35. The molecule has 6 heteroatoms. The summed E-state index contributed by atoms with van der Waals surface area (Å²) in [5.74, 6) is 0.241. The maximum absolute atomic E-state index is 12.8. The summed E-state index contributed by atoms with van der Waals surface area (Å²) < 4.78 is 0. The van der Waals surface area contributed by atoms with Crippen LogP contribution in [0.4, 0.5) is 5.69 Å². The van der Waals surface area contributed by atoms with E-state index in [-0.39, 0.29) is 12.5 Å². The summed E-state index contributed by atoms with van der Waals surface area (Å²) in [6.45, 7) is 2.88. The van der Waals surface area contributed by atoms with Crippen LogP contribution in [0.15, 0.2) is 60.0 Å². The van der Waals surface area contributed by atoms with Gasteiger partial charge in [-0.25, -0.2) is 4.98 Å². The molecule has 150 valence electrons. The molecule has 1 aliphatic rings. The van der Waals surface area contributed by atoms with Gasteiger partial charge in [-0.3, -0.25) is 4.79 Å². The number of amides is 1. The van der Waals surface area contributed by atoms with E-state index in [2.05, 4.69) is 21.3 Å². The SMILES string of the molecule is O=C(Nc1ccccc1C1CCN(CCO)CC1)c1csc(-c2ccccc2)n1. The molecule has 3 aromatic rings. The second-order valence-electron chi connectivity index (χ2n) is 7.28. The van der Waals surface area contributed by atoms with Crippen molar-refractivity contribution in [3.63, 3.8) is 0 Å². The summed E-state index contributed by atoms with van der Waals surface area (Å²) >= 11 is 1.48. The Morgan fingerprint density at radius 2 is 1.83 bits per heavy atom. The fourth-order valence-electron chi connectivity index (χ4n) is 3.85. The molecule has 4 rings (SSSR count). The number of aromatic nitrogens is 1. The van der Waals surface area contributed by atoms with Gasteiger partial charge in [0.1, 0.15) is 10.7 Å². The van der Waals surface area contributed by atoms with Crippen molar-refractivity contribution in [2.24, 2.45) is 0 Å². The number of piperidine rings is 1. The molecular formula is C23H25N3O2S. The Bertz CT molecular complexity index is 950. The first kappa shape index (κ1) is 19.8. The number of hydrogen-bond donors (Lipinski definition) is 2. The molecule has 0 saturated carbocycles. The highest BCUT2D eigenvalue weighted by molar-refractivity contribution is 7.13. The van der Waals surface area contributed by atoms with Gasteiger partial charge in [-0.2, -0.15) is 0 Å². The van der Waals surface area contributed by atoms with Crippen LogP contribution < -0.4 is 5.32 Å². The molecule has 0 aliphatic carbocycles. The molecule has 2 N–H and O–H groups in total. The Morgan fingerprint density at radius 1 is 1.10 bits per heavy atom. The molecule has 0 spiro atoms. The minimum atomic E-state index is -0.173. The molecule has 1 amide bonds. The van der Waals surface area contributed by atoms with E-state index >= 15 is 0 Å². The van der Waals surface area contributed by atoms with Gasteiger partial charge in [0.05, 0.1) is 6.61 Å². The van der Waals surface area contributed by atoms with E-state index < -0.39 is 0 Å². The van der Waals surface area contributed by atoms with Gasteiger partial charge in [-0.15, -0.1) is 11.3 Å². The van der Waals surface area contributed by atoms with E-state index in [1.54, 1.807) is 0 Å². The summed E-state index contributed by atoms with van der Waals surface area (Å²) in [6.07, 6.45) is 2.06. The molecule has 1 fully saturated rings. The smallest absolute Gasteiger partial charge is 0.275 e. The third kappa shape index (κ3) is 4.72. The van der Waals surface area contributed by atoms with Crippen molar-refractivity contribution >= 4 is 22.9 Å². The average molecular weight is 408 g/mol. The van der Waals surface area contributed by atoms with Crippen molar-refractivity contribution in [3.8, 4) is 10.6 Å². The first-order chi connectivity index (χ1) is 14.2. The molecule has 0 radical (unpaired) electrons. The van der Waals surface area contributed by atoms with Gasteiger partial charge >= 0.3 is 0 Å². The lowest BCUT2D eigenvalue weighted by atomic mass is 9.88. The summed E-state index contributed by atoms with van der Waals surface area (Å²) in [6, 6.07) is 18.0. The number of β-amino-alcohol motifs (C(OH)–C–C–N with tert-alkyl or cyclic N) is 1. The predicted octanol–water partition coefficient (Wildman–Crippen LogP) is 4.23. The molecule has 1 aliphatic heterocycles. The number of aliphatic hydroxyl groups excluding tert-OH is 1. The van der Waals surface area contributed by atoms with Crippen molar-refractivity contribution < 1.29 is 9.90 Å². The largest absolute Gasteiger partial charge is 0.395 e. The number of rotatable bonds is 6. The number of anilines is 1. The number of aliphatic hydroxyl groups is 1. The third-order valence-corrected chi connectivity index (χ3v) is 6.30. The van der Waals surface area contributed by atoms with Gasteiger partial charge in [0.15, 0.2) is 0 Å². The van der Waals surface area contributed by atoms with E-state index in [0.717, 1.165) is 48.7 Å². The Hall–Kier alpha value is -2.54. The summed E-state index contributed by atoms with van der Waals surface area (Å²) in [7, 11) is 0. The average Bonchev–Trinajstić information content (AvgIpc) is 3.26. The van der Waals surface area contributed by atoms with Crippen LogP contribution in [0.25, 0.3) is 10.6 Å². The summed E-state index contributed by atoms with van der Waals surface area (Å²) in [4.78, 5) is 19.6. The second kappa shape index (κ2) is 9.31. The number of carbonyl (C=O) groups is 1. The van der Waals surface area contributed by atoms with Gasteiger partial charge < -0.3 is 15.3 Å². The van der Waals surface area contributed by atoms with Crippen LogP contribution in [0, 0.1) is 0 Å². The fourth-order valence-corrected chi connectivity index (χ4v) is 4.66. The Balaban J connectivity index is 1.46. The number of nitrogens with one attached hydrogen (secondary N) is 1. The molecular weight excluding hydrogens is 382 g/mol. The first-order valence-electron chi connectivity index (χ1n) is 9.99. The lowest BCUT2D eigenvalue weighted by Gasteiger charge is -2.32. The number of carbonyl (C=O) groups excluding carboxylic acids is 1. The Morgan fingerprint density at radius 3 is 2.59 bits per heavy atom. The molecule has 29 heavy (non-hydrogen) atoms. The zero-order valence-electron chi connectivity index (χ0n) is 16.3. The molecule has 0 bridgehead atoms. The monoisotopic (exact) mass is 407 g/mol. The second-order valence-corrected chi connectivity index (χ2v) is 8.14. The van der Waals surface area contributed by atoms with Gasteiger partial charge in [0.25, 0.3) is 5.91 Å². The highest BCUT2D eigenvalue weighted by atomic mass is 32.1. The third-order valence-electron chi connectivity index (χ3n) is 5.41. The van der Waals surface area contributed by atoms with Crippen LogP contribution in [0.3, 0.4) is 0 Å². The zero-order chi connectivity index (χ0) is 20.1. The van der Waals surface area contributed by atoms with E-state index in [1.807, 2.05) is 53.9 Å². The first-order valence-corrected chi connectivity index (χ1v) is 10.9. The van der Waals surface area contributed by atoms with Gasteiger partial charge in [0, 0.05) is 23.2 Å². The normalized spacial score (nSPS) is 15.3. The number of para-hydroxylation sites is 1. The summed E-state index contributed by atoms with van der Waals surface area (Å²) in [5, 5.41) is 14.9.